The van der Waals surface area contributed by atoms with Gasteiger partial charge in [0.15, 0.2) is 0 Å². The van der Waals surface area contributed by atoms with E-state index in [1.165, 1.54) is 5.56 Å². The summed E-state index contributed by atoms with van der Waals surface area (Å²) in [5, 5.41) is 3.00. The average molecular weight is 380 g/mol. The summed E-state index contributed by atoms with van der Waals surface area (Å²) in [5.41, 5.74) is 3.10. The monoisotopic (exact) mass is 379 g/mol. The molecule has 2 heterocycles. The van der Waals surface area contributed by atoms with Crippen LogP contribution in [-0.2, 0) is 11.2 Å². The second-order valence-corrected chi connectivity index (χ2v) is 7.60. The zero-order valence-corrected chi connectivity index (χ0v) is 16.6. The number of aryl methyl sites for hydroxylation is 1. The van der Waals surface area contributed by atoms with E-state index >= 15 is 0 Å². The summed E-state index contributed by atoms with van der Waals surface area (Å²) < 4.78 is 0. The third-order valence-electron chi connectivity index (χ3n) is 5.47. The van der Waals surface area contributed by atoms with E-state index in [2.05, 4.69) is 10.3 Å². The van der Waals surface area contributed by atoms with Gasteiger partial charge in [0.05, 0.1) is 0 Å². The Balaban J connectivity index is 1.33. The molecular weight excluding hydrogens is 350 g/mol. The summed E-state index contributed by atoms with van der Waals surface area (Å²) in [6, 6.07) is 11.7. The van der Waals surface area contributed by atoms with Crippen molar-refractivity contribution in [3.05, 3.63) is 65.5 Å². The molecule has 28 heavy (non-hydrogen) atoms. The van der Waals surface area contributed by atoms with Crippen molar-refractivity contribution in [3.63, 3.8) is 0 Å². The third kappa shape index (κ3) is 5.91. The van der Waals surface area contributed by atoms with Crippen molar-refractivity contribution in [3.8, 4) is 0 Å². The lowest BCUT2D eigenvalue weighted by molar-refractivity contribution is -0.121. The number of benzene rings is 1. The van der Waals surface area contributed by atoms with E-state index in [9.17, 15) is 9.59 Å². The molecule has 1 N–H and O–H groups in total. The van der Waals surface area contributed by atoms with Gasteiger partial charge in [0.2, 0.25) is 5.91 Å². The lowest BCUT2D eigenvalue weighted by atomic mass is 9.91. The molecule has 1 aromatic carbocycles. The molecule has 1 aliphatic heterocycles. The van der Waals surface area contributed by atoms with Crippen molar-refractivity contribution in [2.45, 2.75) is 39.0 Å². The number of piperidine rings is 1. The molecule has 1 saturated heterocycles. The Morgan fingerprint density at radius 2 is 1.75 bits per heavy atom. The fourth-order valence-corrected chi connectivity index (χ4v) is 3.62. The SMILES string of the molecule is Cc1ccc(C(=O)N2CCC(CCC(=O)NCCc3ccncc3)CC2)cc1. The molecule has 0 radical (unpaired) electrons. The predicted molar refractivity (Wildman–Crippen MR) is 110 cm³/mol. The standard InChI is InChI=1S/C23H29N3O2/c1-18-2-5-21(6-3-18)23(28)26-16-11-19(12-17-26)4-7-22(27)25-15-10-20-8-13-24-14-9-20/h2-3,5-6,8-9,13-14,19H,4,7,10-12,15-17H2,1H3,(H,25,27). The number of aromatic nitrogens is 1. The molecule has 0 unspecified atom stereocenters. The number of pyridine rings is 1. The molecule has 5 heteroatoms. The number of carbonyl (C=O) groups is 2. The third-order valence-corrected chi connectivity index (χ3v) is 5.47. The molecule has 5 nitrogen and oxygen atoms in total. The zero-order chi connectivity index (χ0) is 19.8. The van der Waals surface area contributed by atoms with Crippen LogP contribution in [0.15, 0.2) is 48.8 Å². The Bertz CT molecular complexity index is 766. The maximum atomic E-state index is 12.6. The van der Waals surface area contributed by atoms with Gasteiger partial charge in [-0.2, -0.15) is 0 Å². The van der Waals surface area contributed by atoms with Crippen molar-refractivity contribution in [2.75, 3.05) is 19.6 Å². The van der Waals surface area contributed by atoms with E-state index in [0.29, 0.717) is 18.9 Å². The first-order valence-corrected chi connectivity index (χ1v) is 10.1. The number of hydrogen-bond acceptors (Lipinski definition) is 3. The first-order valence-electron chi connectivity index (χ1n) is 10.1. The van der Waals surface area contributed by atoms with Crippen molar-refractivity contribution < 1.29 is 9.59 Å². The van der Waals surface area contributed by atoms with Crippen LogP contribution in [0.4, 0.5) is 0 Å². The Labute approximate surface area is 167 Å². The lowest BCUT2D eigenvalue weighted by Crippen LogP contribution is -2.38. The van der Waals surface area contributed by atoms with Gasteiger partial charge in [-0.05, 0) is 68.4 Å². The summed E-state index contributed by atoms with van der Waals surface area (Å²) in [6.45, 7) is 4.24. The van der Waals surface area contributed by atoms with Crippen LogP contribution in [0.2, 0.25) is 0 Å². The van der Waals surface area contributed by atoms with Crippen molar-refractivity contribution in [1.29, 1.82) is 0 Å². The average Bonchev–Trinajstić information content (AvgIpc) is 2.73. The van der Waals surface area contributed by atoms with Gasteiger partial charge in [-0.3, -0.25) is 14.6 Å². The minimum absolute atomic E-state index is 0.118. The van der Waals surface area contributed by atoms with Crippen LogP contribution in [-0.4, -0.2) is 41.3 Å². The van der Waals surface area contributed by atoms with E-state index in [0.717, 1.165) is 49.9 Å². The van der Waals surface area contributed by atoms with Crippen LogP contribution in [0.5, 0.6) is 0 Å². The van der Waals surface area contributed by atoms with Crippen LogP contribution in [0.25, 0.3) is 0 Å². The largest absolute Gasteiger partial charge is 0.356 e. The molecule has 0 spiro atoms. The number of rotatable bonds is 7. The van der Waals surface area contributed by atoms with Crippen LogP contribution >= 0.6 is 0 Å². The lowest BCUT2D eigenvalue weighted by Gasteiger charge is -2.32. The van der Waals surface area contributed by atoms with E-state index < -0.39 is 0 Å². The highest BCUT2D eigenvalue weighted by Crippen LogP contribution is 2.23. The fourth-order valence-electron chi connectivity index (χ4n) is 3.62. The molecule has 1 aliphatic rings. The number of nitrogens with one attached hydrogen (secondary N) is 1. The molecule has 0 saturated carbocycles. The van der Waals surface area contributed by atoms with Crippen LogP contribution in [0, 0.1) is 12.8 Å². The van der Waals surface area contributed by atoms with E-state index in [4.69, 9.17) is 0 Å². The maximum Gasteiger partial charge on any atom is 0.253 e. The summed E-state index contributed by atoms with van der Waals surface area (Å²) in [6.07, 6.45) is 7.78. The molecule has 0 aliphatic carbocycles. The van der Waals surface area contributed by atoms with E-state index in [1.54, 1.807) is 12.4 Å². The van der Waals surface area contributed by atoms with E-state index in [1.807, 2.05) is 48.2 Å². The number of likely N-dealkylation sites (tertiary alicyclic amines) is 1. The molecule has 1 aromatic heterocycles. The Kier molecular flexibility index (Phi) is 7.18. The van der Waals surface area contributed by atoms with Crippen molar-refractivity contribution in [1.82, 2.24) is 15.2 Å². The highest BCUT2D eigenvalue weighted by atomic mass is 16.2. The summed E-state index contributed by atoms with van der Waals surface area (Å²) in [5.74, 6) is 0.757. The Morgan fingerprint density at radius 1 is 1.07 bits per heavy atom. The van der Waals surface area contributed by atoms with Gasteiger partial charge in [-0.25, -0.2) is 0 Å². The molecule has 3 rings (SSSR count). The molecule has 2 aromatic rings. The number of amides is 2. The van der Waals surface area contributed by atoms with Crippen molar-refractivity contribution >= 4 is 11.8 Å². The molecular formula is C23H29N3O2. The van der Waals surface area contributed by atoms with Gasteiger partial charge in [0.25, 0.3) is 5.91 Å². The molecule has 0 atom stereocenters. The zero-order valence-electron chi connectivity index (χ0n) is 16.6. The number of nitrogens with zero attached hydrogens (tertiary/aromatic N) is 2. The predicted octanol–water partition coefficient (Wildman–Crippen LogP) is 3.38. The normalized spacial score (nSPS) is 14.7. The Hall–Kier alpha value is -2.69. The van der Waals surface area contributed by atoms with Gasteiger partial charge in [-0.15, -0.1) is 0 Å². The Morgan fingerprint density at radius 3 is 2.43 bits per heavy atom. The number of hydrogen-bond donors (Lipinski definition) is 1. The maximum absolute atomic E-state index is 12.6. The minimum Gasteiger partial charge on any atom is -0.356 e. The van der Waals surface area contributed by atoms with Crippen LogP contribution in [0.1, 0.15) is 47.2 Å². The fraction of sp³-hybridized carbons (Fsp3) is 0.435. The summed E-state index contributed by atoms with van der Waals surface area (Å²) >= 11 is 0. The molecule has 148 valence electrons. The van der Waals surface area contributed by atoms with Gasteiger partial charge >= 0.3 is 0 Å². The summed E-state index contributed by atoms with van der Waals surface area (Å²) in [7, 11) is 0. The van der Waals surface area contributed by atoms with Crippen LogP contribution in [0.3, 0.4) is 0 Å². The molecule has 0 bridgehead atoms. The molecule has 1 fully saturated rings. The first kappa shape index (κ1) is 20.1. The smallest absolute Gasteiger partial charge is 0.253 e. The second-order valence-electron chi connectivity index (χ2n) is 7.60. The van der Waals surface area contributed by atoms with Crippen molar-refractivity contribution in [2.24, 2.45) is 5.92 Å². The van der Waals surface area contributed by atoms with Gasteiger partial charge in [-0.1, -0.05) is 17.7 Å². The van der Waals surface area contributed by atoms with Gasteiger partial charge in [0.1, 0.15) is 0 Å². The topological polar surface area (TPSA) is 62.3 Å². The molecule has 2 amide bonds. The second kappa shape index (κ2) is 10.0. The minimum atomic E-state index is 0.118. The number of carbonyl (C=O) groups excluding carboxylic acids is 2. The quantitative estimate of drug-likeness (QED) is 0.802. The van der Waals surface area contributed by atoms with E-state index in [-0.39, 0.29) is 11.8 Å². The first-order chi connectivity index (χ1) is 13.6. The van der Waals surface area contributed by atoms with Gasteiger partial charge < -0.3 is 10.2 Å². The highest BCUT2D eigenvalue weighted by Gasteiger charge is 2.23. The van der Waals surface area contributed by atoms with Crippen LogP contribution < -0.4 is 5.32 Å². The van der Waals surface area contributed by atoms with Gasteiger partial charge in [0, 0.05) is 44.0 Å². The highest BCUT2D eigenvalue weighted by molar-refractivity contribution is 5.94. The summed E-state index contributed by atoms with van der Waals surface area (Å²) in [4.78, 5) is 30.6.